The lowest BCUT2D eigenvalue weighted by Gasteiger charge is -2.35. The van der Waals surface area contributed by atoms with Gasteiger partial charge >= 0.3 is 0 Å². The van der Waals surface area contributed by atoms with Crippen molar-refractivity contribution in [2.24, 2.45) is 0 Å². The third-order valence-corrected chi connectivity index (χ3v) is 6.11. The summed E-state index contributed by atoms with van der Waals surface area (Å²) in [7, 11) is 1.63. The topological polar surface area (TPSA) is 73.2 Å². The van der Waals surface area contributed by atoms with E-state index < -0.39 is 0 Å². The summed E-state index contributed by atoms with van der Waals surface area (Å²) in [5.41, 5.74) is 1.77. The highest BCUT2D eigenvalue weighted by Crippen LogP contribution is 2.33. The first-order valence-electron chi connectivity index (χ1n) is 11.4. The van der Waals surface area contributed by atoms with Gasteiger partial charge in [0.05, 0.1) is 38.0 Å². The van der Waals surface area contributed by atoms with E-state index in [1.807, 2.05) is 43.3 Å². The number of halogens is 1. The molecule has 1 aliphatic heterocycles. The molecule has 1 unspecified atom stereocenters. The van der Waals surface area contributed by atoms with E-state index in [0.29, 0.717) is 48.6 Å². The molecular formula is C26H29ClN2O5. The number of carbonyl (C=O) groups excluding carboxylic acids is 1. The third-order valence-electron chi connectivity index (χ3n) is 5.78. The van der Waals surface area contributed by atoms with E-state index in [2.05, 4.69) is 10.2 Å². The summed E-state index contributed by atoms with van der Waals surface area (Å²) in [5, 5.41) is 3.60. The Labute approximate surface area is 204 Å². The van der Waals surface area contributed by atoms with Gasteiger partial charge in [0.25, 0.3) is 5.91 Å². The van der Waals surface area contributed by atoms with Crippen molar-refractivity contribution in [3.8, 4) is 22.8 Å². The lowest BCUT2D eigenvalue weighted by molar-refractivity contribution is 0.0161. The van der Waals surface area contributed by atoms with E-state index in [4.69, 9.17) is 30.2 Å². The number of methoxy groups -OCH3 is 1. The van der Waals surface area contributed by atoms with Crippen LogP contribution in [0.3, 0.4) is 0 Å². The molecule has 3 aromatic rings. The molecule has 0 spiro atoms. The summed E-state index contributed by atoms with van der Waals surface area (Å²) in [6.45, 7) is 5.73. The van der Waals surface area contributed by atoms with Crippen LogP contribution in [0.15, 0.2) is 59.0 Å². The molecule has 0 aliphatic carbocycles. The van der Waals surface area contributed by atoms with Gasteiger partial charge in [-0.2, -0.15) is 0 Å². The quantitative estimate of drug-likeness (QED) is 0.470. The molecule has 1 fully saturated rings. The Kier molecular flexibility index (Phi) is 8.11. The molecule has 2 heterocycles. The number of nitrogens with zero attached hydrogens (tertiary/aromatic N) is 1. The summed E-state index contributed by atoms with van der Waals surface area (Å²) in [5.74, 6) is 1.87. The van der Waals surface area contributed by atoms with Crippen LogP contribution in [0.4, 0.5) is 0 Å². The van der Waals surface area contributed by atoms with E-state index in [1.54, 1.807) is 25.3 Å². The summed E-state index contributed by atoms with van der Waals surface area (Å²) in [4.78, 5) is 15.2. The van der Waals surface area contributed by atoms with Crippen molar-refractivity contribution in [3.05, 3.63) is 70.9 Å². The fraction of sp³-hybridized carbons (Fsp3) is 0.346. The lowest BCUT2D eigenvalue weighted by atomic mass is 10.0. The van der Waals surface area contributed by atoms with Crippen LogP contribution < -0.4 is 14.8 Å². The van der Waals surface area contributed by atoms with Crippen LogP contribution in [0.25, 0.3) is 11.3 Å². The highest BCUT2D eigenvalue weighted by Gasteiger charge is 2.25. The van der Waals surface area contributed by atoms with Crippen LogP contribution >= 0.6 is 11.6 Å². The van der Waals surface area contributed by atoms with Gasteiger partial charge < -0.3 is 23.9 Å². The van der Waals surface area contributed by atoms with Crippen LogP contribution in [0, 0.1) is 0 Å². The number of rotatable bonds is 9. The van der Waals surface area contributed by atoms with Gasteiger partial charge in [0.1, 0.15) is 5.76 Å². The molecule has 1 N–H and O–H groups in total. The van der Waals surface area contributed by atoms with Crippen molar-refractivity contribution in [3.63, 3.8) is 0 Å². The molecule has 1 atom stereocenters. The third kappa shape index (κ3) is 5.55. The normalized spacial score (nSPS) is 15.0. The fourth-order valence-electron chi connectivity index (χ4n) is 4.06. The molecular weight excluding hydrogens is 456 g/mol. The zero-order chi connectivity index (χ0) is 23.9. The molecule has 1 saturated heterocycles. The Hall–Kier alpha value is -3.00. The molecule has 1 amide bonds. The molecule has 0 radical (unpaired) electrons. The van der Waals surface area contributed by atoms with Crippen LogP contribution in [-0.2, 0) is 4.74 Å². The Balaban J connectivity index is 1.51. The Morgan fingerprint density at radius 1 is 1.12 bits per heavy atom. The molecule has 4 rings (SSSR count). The van der Waals surface area contributed by atoms with Crippen molar-refractivity contribution in [2.45, 2.75) is 13.0 Å². The maximum atomic E-state index is 12.9. The van der Waals surface area contributed by atoms with Gasteiger partial charge in [0.15, 0.2) is 17.3 Å². The van der Waals surface area contributed by atoms with E-state index in [1.165, 1.54) is 0 Å². The van der Waals surface area contributed by atoms with Gasteiger partial charge in [-0.05, 0) is 48.9 Å². The number of ether oxygens (including phenoxy) is 3. The van der Waals surface area contributed by atoms with Crippen LogP contribution in [-0.4, -0.2) is 57.4 Å². The van der Waals surface area contributed by atoms with Crippen LogP contribution in [0.2, 0.25) is 5.02 Å². The molecule has 0 saturated carbocycles. The maximum absolute atomic E-state index is 12.9. The SMILES string of the molecule is CCOc1ccc(C(CNC(=O)c2ccc(-c3ccccc3Cl)o2)N2CCOCC2)cc1OC. The van der Waals surface area contributed by atoms with E-state index in [9.17, 15) is 4.79 Å². The summed E-state index contributed by atoms with van der Waals surface area (Å²) < 4.78 is 22.5. The number of amides is 1. The monoisotopic (exact) mass is 484 g/mol. The average Bonchev–Trinajstić information content (AvgIpc) is 3.36. The van der Waals surface area contributed by atoms with Crippen molar-refractivity contribution < 1.29 is 23.4 Å². The summed E-state index contributed by atoms with van der Waals surface area (Å²) in [6, 6.07) is 16.6. The molecule has 8 heteroatoms. The van der Waals surface area contributed by atoms with Gasteiger partial charge in [0.2, 0.25) is 0 Å². The average molecular weight is 485 g/mol. The van der Waals surface area contributed by atoms with Gasteiger partial charge in [-0.25, -0.2) is 0 Å². The first kappa shape index (κ1) is 24.1. The van der Waals surface area contributed by atoms with Gasteiger partial charge in [-0.15, -0.1) is 0 Å². The molecule has 0 bridgehead atoms. The maximum Gasteiger partial charge on any atom is 0.287 e. The van der Waals surface area contributed by atoms with Crippen molar-refractivity contribution in [1.29, 1.82) is 0 Å². The number of benzene rings is 2. The Morgan fingerprint density at radius 3 is 2.65 bits per heavy atom. The second-order valence-electron chi connectivity index (χ2n) is 7.86. The summed E-state index contributed by atoms with van der Waals surface area (Å²) in [6.07, 6.45) is 0. The first-order chi connectivity index (χ1) is 16.6. The largest absolute Gasteiger partial charge is 0.493 e. The summed E-state index contributed by atoms with van der Waals surface area (Å²) >= 11 is 6.26. The second-order valence-corrected chi connectivity index (χ2v) is 8.27. The van der Waals surface area contributed by atoms with Crippen molar-refractivity contribution in [2.75, 3.05) is 46.6 Å². The molecule has 2 aromatic carbocycles. The molecule has 34 heavy (non-hydrogen) atoms. The number of carbonyl (C=O) groups is 1. The Morgan fingerprint density at radius 2 is 1.91 bits per heavy atom. The molecule has 1 aromatic heterocycles. The predicted molar refractivity (Wildman–Crippen MR) is 131 cm³/mol. The highest BCUT2D eigenvalue weighted by molar-refractivity contribution is 6.33. The molecule has 180 valence electrons. The number of nitrogens with one attached hydrogen (secondary N) is 1. The smallest absolute Gasteiger partial charge is 0.287 e. The minimum Gasteiger partial charge on any atom is -0.493 e. The predicted octanol–water partition coefficient (Wildman–Crippen LogP) is 4.81. The number of furan rings is 1. The zero-order valence-corrected chi connectivity index (χ0v) is 20.1. The number of hydrogen-bond donors (Lipinski definition) is 1. The minimum absolute atomic E-state index is 0.0598. The van der Waals surface area contributed by atoms with Crippen LogP contribution in [0.1, 0.15) is 29.1 Å². The standard InChI is InChI=1S/C26H29ClN2O5/c1-3-33-23-9-8-18(16-25(23)31-2)21(29-12-14-32-15-13-29)17-28-26(30)24-11-10-22(34-24)19-6-4-5-7-20(19)27/h4-11,16,21H,3,12-15,17H2,1-2H3,(H,28,30). The number of morpholine rings is 1. The van der Waals surface area contributed by atoms with Gasteiger partial charge in [-0.3, -0.25) is 9.69 Å². The number of hydrogen-bond acceptors (Lipinski definition) is 6. The zero-order valence-electron chi connectivity index (χ0n) is 19.4. The molecule has 1 aliphatic rings. The fourth-order valence-corrected chi connectivity index (χ4v) is 4.28. The second kappa shape index (κ2) is 11.4. The highest BCUT2D eigenvalue weighted by atomic mass is 35.5. The minimum atomic E-state index is -0.283. The van der Waals surface area contributed by atoms with E-state index >= 15 is 0 Å². The van der Waals surface area contributed by atoms with Crippen molar-refractivity contribution in [1.82, 2.24) is 10.2 Å². The van der Waals surface area contributed by atoms with Gasteiger partial charge in [0, 0.05) is 25.2 Å². The van der Waals surface area contributed by atoms with E-state index in [-0.39, 0.29) is 17.7 Å². The first-order valence-corrected chi connectivity index (χ1v) is 11.7. The van der Waals surface area contributed by atoms with Crippen LogP contribution in [0.5, 0.6) is 11.5 Å². The Bertz CT molecular complexity index is 1110. The van der Waals surface area contributed by atoms with Gasteiger partial charge in [-0.1, -0.05) is 29.8 Å². The lowest BCUT2D eigenvalue weighted by Crippen LogP contribution is -2.43. The van der Waals surface area contributed by atoms with Crippen molar-refractivity contribution >= 4 is 17.5 Å². The van der Waals surface area contributed by atoms with E-state index in [0.717, 1.165) is 24.2 Å². The molecule has 7 nitrogen and oxygen atoms in total.